The number of nitrogens with one attached hydrogen (secondary N) is 2. The molecule has 0 unspecified atom stereocenters. The van der Waals surface area contributed by atoms with Gasteiger partial charge in [0.15, 0.2) is 0 Å². The predicted octanol–water partition coefficient (Wildman–Crippen LogP) is 6.55. The lowest BCUT2D eigenvalue weighted by atomic mass is 10.0. The van der Waals surface area contributed by atoms with Crippen LogP contribution in [0.5, 0.6) is 0 Å². The molecule has 6 heterocycles. The van der Waals surface area contributed by atoms with Crippen molar-refractivity contribution in [2.45, 2.75) is 129 Å². The summed E-state index contributed by atoms with van der Waals surface area (Å²) in [5.74, 6) is -2.73. The fourth-order valence-corrected chi connectivity index (χ4v) is 7.26. The molecule has 0 spiro atoms. The van der Waals surface area contributed by atoms with Gasteiger partial charge in [0.2, 0.25) is 11.8 Å². The van der Waals surface area contributed by atoms with Gasteiger partial charge in [-0.25, -0.2) is 9.59 Å². The summed E-state index contributed by atoms with van der Waals surface area (Å²) in [5.41, 5.74) is 8.74. The number of hydrogen-bond donors (Lipinski definition) is 5. The highest BCUT2D eigenvalue weighted by atomic mass is 19.4. The zero-order valence-corrected chi connectivity index (χ0v) is 41.3. The molecule has 19 nitrogen and oxygen atoms in total. The monoisotopic (exact) mass is 1030 g/mol. The van der Waals surface area contributed by atoms with Crippen LogP contribution in [0.3, 0.4) is 0 Å². The third-order valence-electron chi connectivity index (χ3n) is 10.6. The van der Waals surface area contributed by atoms with E-state index in [1.807, 2.05) is 13.8 Å². The zero-order valence-electron chi connectivity index (χ0n) is 41.3. The highest BCUT2D eigenvalue weighted by Gasteiger charge is 2.43. The van der Waals surface area contributed by atoms with Crippen LogP contribution in [0.2, 0.25) is 0 Å². The van der Waals surface area contributed by atoms with E-state index in [1.54, 1.807) is 41.5 Å². The lowest BCUT2D eigenvalue weighted by molar-refractivity contribution is -0.141. The quantitative estimate of drug-likeness (QED) is 0.106. The molecular weight excluding hydrogens is 975 g/mol. The molecule has 0 radical (unpaired) electrons. The maximum absolute atomic E-state index is 12.9. The van der Waals surface area contributed by atoms with Gasteiger partial charge in [0.25, 0.3) is 11.8 Å². The number of nitrogens with zero attached hydrogens (tertiary/aromatic N) is 6. The zero-order chi connectivity index (χ0) is 54.8. The maximum Gasteiger partial charge on any atom is 0.433 e. The number of aliphatic hydroxyl groups excluding tert-OH is 1. The molecule has 7 N–H and O–H groups in total. The molecular formula is C48H58F6N10O9. The molecule has 396 valence electrons. The van der Waals surface area contributed by atoms with Crippen molar-refractivity contribution in [3.63, 3.8) is 0 Å². The number of primary amides is 2. The Bertz CT molecular complexity index is 2620. The van der Waals surface area contributed by atoms with Gasteiger partial charge in [0, 0.05) is 62.1 Å². The second-order valence-electron chi connectivity index (χ2n) is 18.3. The molecule has 0 bridgehead atoms. The van der Waals surface area contributed by atoms with Crippen molar-refractivity contribution in [3.8, 4) is 22.5 Å². The van der Waals surface area contributed by atoms with Gasteiger partial charge in [-0.1, -0.05) is 13.8 Å². The van der Waals surface area contributed by atoms with Crippen LogP contribution in [0.25, 0.3) is 22.5 Å². The molecule has 2 aliphatic heterocycles. The van der Waals surface area contributed by atoms with Crippen LogP contribution in [-0.4, -0.2) is 113 Å². The molecule has 0 aromatic carbocycles. The number of amides is 6. The summed E-state index contributed by atoms with van der Waals surface area (Å²) in [5, 5.41) is 15.6. The van der Waals surface area contributed by atoms with Crippen molar-refractivity contribution in [2.24, 2.45) is 11.5 Å². The molecule has 4 aromatic rings. The highest BCUT2D eigenvalue weighted by Crippen LogP contribution is 2.31. The van der Waals surface area contributed by atoms with Crippen LogP contribution in [0.15, 0.2) is 61.2 Å². The largest absolute Gasteiger partial charge is 0.444 e. The van der Waals surface area contributed by atoms with Gasteiger partial charge in [0.05, 0.1) is 28.6 Å². The fourth-order valence-electron chi connectivity index (χ4n) is 7.26. The summed E-state index contributed by atoms with van der Waals surface area (Å²) in [6.07, 6.45) is -6.04. The summed E-state index contributed by atoms with van der Waals surface area (Å²) in [6, 6.07) is 4.91. The maximum atomic E-state index is 12.9. The van der Waals surface area contributed by atoms with Crippen LogP contribution >= 0.6 is 0 Å². The van der Waals surface area contributed by atoms with Gasteiger partial charge in [-0.2, -0.15) is 26.3 Å². The van der Waals surface area contributed by atoms with Gasteiger partial charge in [0.1, 0.15) is 34.7 Å². The topological polar surface area (TPSA) is 275 Å². The Kier molecular flexibility index (Phi) is 19.0. The minimum absolute atomic E-state index is 0.0186. The number of aromatic nitrogens is 4. The Hall–Kier alpha value is -7.44. The normalized spacial score (nSPS) is 16.8. The number of ether oxygens (including phenoxy) is 2. The fraction of sp³-hybridized carbons (Fsp3) is 0.458. The number of aliphatic hydroxyl groups is 1. The van der Waals surface area contributed by atoms with E-state index in [0.29, 0.717) is 24.9 Å². The smallest absolute Gasteiger partial charge is 0.433 e. The van der Waals surface area contributed by atoms with Gasteiger partial charge in [-0.05, 0) is 108 Å². The molecule has 2 fully saturated rings. The third-order valence-corrected chi connectivity index (χ3v) is 10.6. The number of halogens is 6. The lowest BCUT2D eigenvalue weighted by Crippen LogP contribution is -2.51. The number of carbonyl (C=O) groups is 6. The van der Waals surface area contributed by atoms with Crippen molar-refractivity contribution in [1.82, 2.24) is 40.4 Å². The van der Waals surface area contributed by atoms with Crippen LogP contribution in [0, 0.1) is 0 Å². The molecule has 2 saturated heterocycles. The highest BCUT2D eigenvalue weighted by molar-refractivity contribution is 5.95. The number of alkyl halides is 6. The Morgan fingerprint density at radius 1 is 0.630 bits per heavy atom. The van der Waals surface area contributed by atoms with Crippen molar-refractivity contribution >= 4 is 35.8 Å². The minimum atomic E-state index is -4.60. The molecule has 6 amide bonds. The Morgan fingerprint density at radius 3 is 1.44 bits per heavy atom. The van der Waals surface area contributed by atoms with Gasteiger partial charge in [-0.15, -0.1) is 0 Å². The number of carbonyl (C=O) groups excluding carboxylic acids is 6. The summed E-state index contributed by atoms with van der Waals surface area (Å²) in [4.78, 5) is 91.9. The first-order chi connectivity index (χ1) is 33.9. The van der Waals surface area contributed by atoms with Gasteiger partial charge in [-0.3, -0.25) is 48.9 Å². The summed E-state index contributed by atoms with van der Waals surface area (Å²) in [6.45, 7) is 14.4. The van der Waals surface area contributed by atoms with E-state index in [-0.39, 0.29) is 65.3 Å². The average Bonchev–Trinajstić information content (AvgIpc) is 3.97. The first kappa shape index (κ1) is 58.1. The van der Waals surface area contributed by atoms with E-state index in [0.717, 1.165) is 35.6 Å². The second kappa shape index (κ2) is 23.9. The van der Waals surface area contributed by atoms with E-state index < -0.39 is 88.9 Å². The molecule has 0 saturated carbocycles. The van der Waals surface area contributed by atoms with Gasteiger partial charge >= 0.3 is 24.5 Å². The SMILES string of the molecule is CC.CC(C)(C)OC(=O)N1CCC[C@H]1C(=O)NCc1cc(-c2ccc(C(F)(F)F)nc2)ncc1C(N)=O.CC(C)(C)OC(=O)N1CC[C@@H](O)[C@H]1C(=O)NCc1cc(-c2ccc(C(F)(F)F)nc2)ncc1C(N)=O. The van der Waals surface area contributed by atoms with E-state index in [2.05, 4.69) is 30.6 Å². The van der Waals surface area contributed by atoms with E-state index in [9.17, 15) is 60.2 Å². The third kappa shape index (κ3) is 16.0. The molecule has 73 heavy (non-hydrogen) atoms. The molecule has 3 atom stereocenters. The summed E-state index contributed by atoms with van der Waals surface area (Å²) in [7, 11) is 0. The van der Waals surface area contributed by atoms with Crippen LogP contribution in [0.4, 0.5) is 35.9 Å². The lowest BCUT2D eigenvalue weighted by Gasteiger charge is -2.28. The van der Waals surface area contributed by atoms with E-state index in [1.165, 1.54) is 35.4 Å². The number of nitrogens with two attached hydrogens (primary N) is 2. The van der Waals surface area contributed by atoms with Crippen LogP contribution in [0.1, 0.15) is 118 Å². The number of likely N-dealkylation sites (tertiary alicyclic amines) is 2. The standard InChI is InChI=1S/C23H26F3N5O5.C23H26F3N5O4.C2H6/c1-22(2,3)36-21(35)31-7-6-16(32)18(31)20(34)30-10-13-8-15(28-11-14(13)19(27)33)12-4-5-17(29-9-12)23(24,25)26;1-22(2,3)35-21(34)31-8-4-5-17(31)20(33)30-11-14-9-16(28-12-15(14)19(27)32)13-6-7-18(29-10-13)23(24,25)26;1-2/h4-5,8-9,11,16,18,32H,6-7,10H2,1-3H3,(H2,27,33)(H,30,34);6-7,9-10,12,17H,4-5,8,11H2,1-3H3,(H2,27,32)(H,30,33);1-2H3/t16-,18+;17-;/m10./s1. The van der Waals surface area contributed by atoms with Crippen molar-refractivity contribution in [2.75, 3.05) is 13.1 Å². The number of hydrogen-bond acceptors (Lipinski definition) is 13. The summed E-state index contributed by atoms with van der Waals surface area (Å²) < 4.78 is 87.4. The molecule has 25 heteroatoms. The Balaban J connectivity index is 0.000000306. The van der Waals surface area contributed by atoms with E-state index >= 15 is 0 Å². The Labute approximate surface area is 416 Å². The average molecular weight is 1030 g/mol. The molecule has 0 aliphatic carbocycles. The van der Waals surface area contributed by atoms with Crippen molar-refractivity contribution in [3.05, 3.63) is 94.8 Å². The van der Waals surface area contributed by atoms with Crippen LogP contribution in [-0.2, 0) is 44.5 Å². The number of rotatable bonds is 10. The minimum Gasteiger partial charge on any atom is -0.444 e. The first-order valence-electron chi connectivity index (χ1n) is 22.8. The summed E-state index contributed by atoms with van der Waals surface area (Å²) >= 11 is 0. The second-order valence-corrected chi connectivity index (χ2v) is 18.3. The molecule has 4 aromatic heterocycles. The molecule has 2 aliphatic rings. The van der Waals surface area contributed by atoms with Crippen molar-refractivity contribution in [1.29, 1.82) is 0 Å². The first-order valence-corrected chi connectivity index (χ1v) is 22.8. The van der Waals surface area contributed by atoms with Crippen LogP contribution < -0.4 is 22.1 Å². The van der Waals surface area contributed by atoms with Crippen molar-refractivity contribution < 1.29 is 69.7 Å². The molecule has 6 rings (SSSR count). The van der Waals surface area contributed by atoms with Gasteiger partial charge < -0.3 is 36.7 Å². The van der Waals surface area contributed by atoms with E-state index in [4.69, 9.17) is 20.9 Å². The Morgan fingerprint density at radius 2 is 1.05 bits per heavy atom. The number of pyridine rings is 4. The predicted molar refractivity (Wildman–Crippen MR) is 250 cm³/mol.